The highest BCUT2D eigenvalue weighted by atomic mass is 32.1. The first-order valence-electron chi connectivity index (χ1n) is 6.45. The second-order valence-electron chi connectivity index (χ2n) is 5.01. The Labute approximate surface area is 118 Å². The Kier molecular flexibility index (Phi) is 4.04. The van der Waals surface area contributed by atoms with E-state index in [-0.39, 0.29) is 11.7 Å². The Hall–Kier alpha value is -1.62. The lowest BCUT2D eigenvalue weighted by molar-refractivity contribution is 0.0908. The predicted molar refractivity (Wildman–Crippen MR) is 78.2 cm³/mol. The molecule has 1 aliphatic carbocycles. The van der Waals surface area contributed by atoms with Crippen molar-refractivity contribution in [1.82, 2.24) is 5.32 Å². The smallest absolute Gasteiger partial charge is 0.252 e. The molecule has 0 heterocycles. The summed E-state index contributed by atoms with van der Waals surface area (Å²) in [7, 11) is 0. The highest BCUT2D eigenvalue weighted by Crippen LogP contribution is 2.29. The number of carbonyl (C=O) groups excluding carboxylic acids is 1. The minimum atomic E-state index is -0.573. The van der Waals surface area contributed by atoms with E-state index >= 15 is 0 Å². The maximum absolute atomic E-state index is 12.2. The molecule has 1 aromatic carbocycles. The maximum Gasteiger partial charge on any atom is 0.252 e. The predicted octanol–water partition coefficient (Wildman–Crippen LogP) is 2.11. The second kappa shape index (κ2) is 5.57. The fraction of sp³-hybridized carbons (Fsp3) is 0.429. The number of hydrogen-bond acceptors (Lipinski definition) is 3. The molecular formula is C14H18N2O2S. The Morgan fingerprint density at radius 2 is 2.00 bits per heavy atom. The summed E-state index contributed by atoms with van der Waals surface area (Å²) in [5, 5.41) is 12.4. The van der Waals surface area contributed by atoms with Crippen molar-refractivity contribution >= 4 is 23.1 Å². The van der Waals surface area contributed by atoms with Gasteiger partial charge < -0.3 is 16.2 Å². The molecule has 1 aromatic rings. The summed E-state index contributed by atoms with van der Waals surface area (Å²) < 4.78 is 0. The van der Waals surface area contributed by atoms with Crippen LogP contribution in [0.1, 0.15) is 42.5 Å². The van der Waals surface area contributed by atoms with Gasteiger partial charge in [0.25, 0.3) is 5.91 Å². The van der Waals surface area contributed by atoms with Crippen molar-refractivity contribution < 1.29 is 9.90 Å². The number of thiocarbonyl (C=S) groups is 1. The summed E-state index contributed by atoms with van der Waals surface area (Å²) in [6, 6.07) is 6.26. The van der Waals surface area contributed by atoms with Crippen LogP contribution in [0.2, 0.25) is 0 Å². The Morgan fingerprint density at radius 3 is 2.58 bits per heavy atom. The zero-order chi connectivity index (χ0) is 13.9. The summed E-state index contributed by atoms with van der Waals surface area (Å²) in [4.78, 5) is 12.6. The molecule has 1 fully saturated rings. The van der Waals surface area contributed by atoms with E-state index < -0.39 is 5.54 Å². The second-order valence-corrected chi connectivity index (χ2v) is 5.45. The molecule has 0 spiro atoms. The van der Waals surface area contributed by atoms with Gasteiger partial charge in [-0.15, -0.1) is 0 Å². The first-order chi connectivity index (χ1) is 9.03. The molecule has 4 nitrogen and oxygen atoms in total. The number of amides is 1. The average molecular weight is 278 g/mol. The van der Waals surface area contributed by atoms with E-state index in [4.69, 9.17) is 18.0 Å². The third-order valence-electron chi connectivity index (χ3n) is 3.64. The van der Waals surface area contributed by atoms with Gasteiger partial charge in [-0.3, -0.25) is 4.79 Å². The van der Waals surface area contributed by atoms with Gasteiger partial charge in [0.05, 0.1) is 10.5 Å². The van der Waals surface area contributed by atoms with Crippen molar-refractivity contribution in [3.05, 3.63) is 29.8 Å². The lowest BCUT2D eigenvalue weighted by Gasteiger charge is -2.37. The van der Waals surface area contributed by atoms with Crippen LogP contribution in [0.4, 0.5) is 0 Å². The summed E-state index contributed by atoms with van der Waals surface area (Å²) in [5.41, 5.74) is 5.67. The Bertz CT molecular complexity index is 496. The van der Waals surface area contributed by atoms with Gasteiger partial charge in [-0.25, -0.2) is 0 Å². The number of nitrogens with two attached hydrogens (primary N) is 1. The van der Waals surface area contributed by atoms with Crippen molar-refractivity contribution in [2.75, 3.05) is 0 Å². The molecular weight excluding hydrogens is 260 g/mol. The monoisotopic (exact) mass is 278 g/mol. The molecule has 0 aromatic heterocycles. The molecule has 0 bridgehead atoms. The van der Waals surface area contributed by atoms with E-state index in [1.807, 2.05) is 0 Å². The minimum Gasteiger partial charge on any atom is -0.508 e. The Morgan fingerprint density at radius 1 is 1.32 bits per heavy atom. The lowest BCUT2D eigenvalue weighted by atomic mass is 9.81. The van der Waals surface area contributed by atoms with Gasteiger partial charge >= 0.3 is 0 Å². The first kappa shape index (κ1) is 13.8. The number of nitrogens with one attached hydrogen (secondary N) is 1. The van der Waals surface area contributed by atoms with Crippen LogP contribution in [0, 0.1) is 0 Å². The van der Waals surface area contributed by atoms with Crippen LogP contribution < -0.4 is 11.1 Å². The van der Waals surface area contributed by atoms with Crippen LogP contribution >= 0.6 is 12.2 Å². The third-order valence-corrected chi connectivity index (χ3v) is 4.03. The van der Waals surface area contributed by atoms with Crippen molar-refractivity contribution in [3.8, 4) is 5.75 Å². The van der Waals surface area contributed by atoms with Crippen molar-refractivity contribution in [2.24, 2.45) is 5.73 Å². The van der Waals surface area contributed by atoms with Crippen LogP contribution in [0.15, 0.2) is 24.3 Å². The van der Waals surface area contributed by atoms with Gasteiger partial charge in [0, 0.05) is 5.56 Å². The molecule has 1 saturated carbocycles. The number of carbonyl (C=O) groups is 1. The van der Waals surface area contributed by atoms with Crippen LogP contribution in [0.3, 0.4) is 0 Å². The molecule has 102 valence electrons. The van der Waals surface area contributed by atoms with Crippen LogP contribution in [-0.4, -0.2) is 21.5 Å². The molecule has 2 rings (SSSR count). The molecule has 0 radical (unpaired) electrons. The number of hydrogen-bond donors (Lipinski definition) is 3. The van der Waals surface area contributed by atoms with Gasteiger partial charge in [0.15, 0.2) is 0 Å². The molecule has 1 aliphatic rings. The first-order valence-corrected chi connectivity index (χ1v) is 6.86. The normalized spacial score (nSPS) is 17.7. The minimum absolute atomic E-state index is 0.0701. The van der Waals surface area contributed by atoms with E-state index in [9.17, 15) is 9.90 Å². The van der Waals surface area contributed by atoms with E-state index in [1.54, 1.807) is 12.1 Å². The molecule has 0 atom stereocenters. The quantitative estimate of drug-likeness (QED) is 0.740. The van der Waals surface area contributed by atoms with E-state index in [1.165, 1.54) is 12.1 Å². The van der Waals surface area contributed by atoms with Crippen molar-refractivity contribution in [1.29, 1.82) is 0 Å². The number of aromatic hydroxyl groups is 1. The Balaban J connectivity index is 2.18. The number of benzene rings is 1. The van der Waals surface area contributed by atoms with Crippen molar-refractivity contribution in [2.45, 2.75) is 37.6 Å². The van der Waals surface area contributed by atoms with Gasteiger partial charge in [-0.1, -0.05) is 37.5 Å². The molecule has 5 heteroatoms. The van der Waals surface area contributed by atoms with Crippen LogP contribution in [0.5, 0.6) is 5.75 Å². The van der Waals surface area contributed by atoms with Gasteiger partial charge in [-0.05, 0) is 31.0 Å². The standard InChI is InChI=1S/C14H18N2O2S/c15-13(19)14(7-2-1-3-8-14)16-12(18)10-5-4-6-11(17)9-10/h4-6,9,17H,1-3,7-8H2,(H2,15,19)(H,16,18). The topological polar surface area (TPSA) is 75.3 Å². The summed E-state index contributed by atoms with van der Waals surface area (Å²) in [5.74, 6) is -0.175. The summed E-state index contributed by atoms with van der Waals surface area (Å²) in [6.07, 6.45) is 4.74. The number of phenolic OH excluding ortho intramolecular Hbond substituents is 1. The lowest BCUT2D eigenvalue weighted by Crippen LogP contribution is -2.57. The summed E-state index contributed by atoms with van der Waals surface area (Å²) >= 11 is 5.14. The van der Waals surface area contributed by atoms with Gasteiger partial charge in [0.1, 0.15) is 5.75 Å². The zero-order valence-electron chi connectivity index (χ0n) is 10.7. The van der Waals surface area contributed by atoms with Crippen LogP contribution in [0.25, 0.3) is 0 Å². The molecule has 19 heavy (non-hydrogen) atoms. The maximum atomic E-state index is 12.2. The fourth-order valence-corrected chi connectivity index (χ4v) is 2.78. The SMILES string of the molecule is NC(=S)C1(NC(=O)c2cccc(O)c2)CCCCC1. The number of rotatable bonds is 3. The fourth-order valence-electron chi connectivity index (χ4n) is 2.52. The largest absolute Gasteiger partial charge is 0.508 e. The highest BCUT2D eigenvalue weighted by molar-refractivity contribution is 7.80. The molecule has 1 amide bonds. The zero-order valence-corrected chi connectivity index (χ0v) is 11.5. The average Bonchev–Trinajstić information content (AvgIpc) is 2.39. The summed E-state index contributed by atoms with van der Waals surface area (Å²) in [6.45, 7) is 0. The van der Waals surface area contributed by atoms with E-state index in [0.29, 0.717) is 10.6 Å². The highest BCUT2D eigenvalue weighted by Gasteiger charge is 2.36. The van der Waals surface area contributed by atoms with Crippen molar-refractivity contribution in [3.63, 3.8) is 0 Å². The number of phenols is 1. The molecule has 0 aliphatic heterocycles. The molecule has 0 unspecified atom stereocenters. The van der Waals surface area contributed by atoms with Gasteiger partial charge in [-0.2, -0.15) is 0 Å². The van der Waals surface area contributed by atoms with E-state index in [2.05, 4.69) is 5.32 Å². The van der Waals surface area contributed by atoms with Crippen LogP contribution in [-0.2, 0) is 0 Å². The molecule has 0 saturated heterocycles. The third kappa shape index (κ3) is 3.04. The van der Waals surface area contributed by atoms with Gasteiger partial charge in [0.2, 0.25) is 0 Å². The molecule has 4 N–H and O–H groups in total. The van der Waals surface area contributed by atoms with E-state index in [0.717, 1.165) is 32.1 Å².